The highest BCUT2D eigenvalue weighted by Gasteiger charge is 2.48. The van der Waals surface area contributed by atoms with Crippen LogP contribution in [-0.2, 0) is 9.59 Å². The monoisotopic (exact) mass is 385 g/mol. The Morgan fingerprint density at radius 3 is 2.15 bits per heavy atom. The van der Waals surface area contributed by atoms with Crippen molar-refractivity contribution in [2.75, 3.05) is 28.6 Å². The first kappa shape index (κ1) is 19.2. The van der Waals surface area contributed by atoms with E-state index in [2.05, 4.69) is 29.4 Å². The van der Waals surface area contributed by atoms with E-state index in [-0.39, 0.29) is 23.7 Å². The van der Waals surface area contributed by atoms with E-state index in [0.717, 1.165) is 24.5 Å². The molecule has 5 nitrogen and oxygen atoms in total. The van der Waals surface area contributed by atoms with E-state index in [0.29, 0.717) is 17.1 Å². The first-order valence-electron chi connectivity index (χ1n) is 9.24. The average Bonchev–Trinajstić information content (AvgIpc) is 3.47. The van der Waals surface area contributed by atoms with E-state index in [1.54, 1.807) is 24.3 Å². The molecule has 1 saturated carbocycles. The summed E-state index contributed by atoms with van der Waals surface area (Å²) >= 11 is 6.06. The summed E-state index contributed by atoms with van der Waals surface area (Å²) < 4.78 is 0. The maximum Gasteiger partial charge on any atom is 0.228 e. The summed E-state index contributed by atoms with van der Waals surface area (Å²) in [5.41, 5.74) is 2.44. The minimum absolute atomic E-state index is 0.120. The molecule has 0 aromatic heterocycles. The van der Waals surface area contributed by atoms with Crippen LogP contribution in [0.25, 0.3) is 0 Å². The Kier molecular flexibility index (Phi) is 6.01. The highest BCUT2D eigenvalue weighted by Crippen LogP contribution is 2.40. The fourth-order valence-electron chi connectivity index (χ4n) is 3.14. The number of benzene rings is 2. The van der Waals surface area contributed by atoms with Crippen molar-refractivity contribution >= 4 is 40.5 Å². The standard InChI is InChI=1S/C21H24ClN3O2/c1-3-25(4-2)15-11-9-14(10-12-15)23-20(26)16-13-17(16)21(27)24-19-8-6-5-7-18(19)22/h5-12,16-17H,3-4,13H2,1-2H3,(H,23,26)(H,24,27). The van der Waals surface area contributed by atoms with Gasteiger partial charge in [-0.3, -0.25) is 9.59 Å². The molecule has 1 fully saturated rings. The lowest BCUT2D eigenvalue weighted by Crippen LogP contribution is -2.22. The molecule has 2 unspecified atom stereocenters. The SMILES string of the molecule is CCN(CC)c1ccc(NC(=O)C2CC2C(=O)Nc2ccccc2Cl)cc1. The number of carbonyl (C=O) groups is 2. The van der Waals surface area contributed by atoms with Crippen LogP contribution < -0.4 is 15.5 Å². The van der Waals surface area contributed by atoms with Crippen LogP contribution in [0, 0.1) is 11.8 Å². The van der Waals surface area contributed by atoms with Crippen LogP contribution >= 0.6 is 11.6 Å². The Morgan fingerprint density at radius 2 is 1.56 bits per heavy atom. The number of para-hydroxylation sites is 1. The summed E-state index contributed by atoms with van der Waals surface area (Å²) in [6.45, 7) is 6.10. The number of nitrogens with one attached hydrogen (secondary N) is 2. The molecule has 3 rings (SSSR count). The largest absolute Gasteiger partial charge is 0.372 e. The number of halogens is 1. The third-order valence-corrected chi connectivity index (χ3v) is 5.19. The number of amides is 2. The lowest BCUT2D eigenvalue weighted by Gasteiger charge is -2.21. The molecule has 1 aliphatic carbocycles. The highest BCUT2D eigenvalue weighted by molar-refractivity contribution is 6.33. The van der Waals surface area contributed by atoms with Gasteiger partial charge in [-0.05, 0) is 56.7 Å². The zero-order valence-electron chi connectivity index (χ0n) is 15.5. The van der Waals surface area contributed by atoms with Gasteiger partial charge in [0.15, 0.2) is 0 Å². The van der Waals surface area contributed by atoms with Crippen LogP contribution in [0.5, 0.6) is 0 Å². The lowest BCUT2D eigenvalue weighted by atomic mass is 10.2. The van der Waals surface area contributed by atoms with Crippen LogP contribution in [0.2, 0.25) is 5.02 Å². The van der Waals surface area contributed by atoms with Crippen molar-refractivity contribution in [3.8, 4) is 0 Å². The highest BCUT2D eigenvalue weighted by atomic mass is 35.5. The Morgan fingerprint density at radius 1 is 0.963 bits per heavy atom. The molecule has 27 heavy (non-hydrogen) atoms. The van der Waals surface area contributed by atoms with Crippen LogP contribution in [0.1, 0.15) is 20.3 Å². The van der Waals surface area contributed by atoms with E-state index >= 15 is 0 Å². The maximum atomic E-state index is 12.4. The summed E-state index contributed by atoms with van der Waals surface area (Å²) in [5, 5.41) is 6.19. The van der Waals surface area contributed by atoms with Gasteiger partial charge in [-0.1, -0.05) is 23.7 Å². The van der Waals surface area contributed by atoms with Gasteiger partial charge in [-0.15, -0.1) is 0 Å². The number of nitrogens with zero attached hydrogens (tertiary/aromatic N) is 1. The summed E-state index contributed by atoms with van der Waals surface area (Å²) in [5.74, 6) is -0.892. The molecule has 2 aromatic rings. The zero-order chi connectivity index (χ0) is 19.4. The molecule has 2 atom stereocenters. The molecule has 0 aliphatic heterocycles. The third kappa shape index (κ3) is 4.61. The van der Waals surface area contributed by atoms with Crippen LogP contribution in [-0.4, -0.2) is 24.9 Å². The van der Waals surface area contributed by atoms with Crippen molar-refractivity contribution < 1.29 is 9.59 Å². The zero-order valence-corrected chi connectivity index (χ0v) is 16.3. The number of anilines is 3. The van der Waals surface area contributed by atoms with E-state index in [1.807, 2.05) is 24.3 Å². The normalized spacial score (nSPS) is 17.9. The number of carbonyl (C=O) groups excluding carboxylic acids is 2. The fourth-order valence-corrected chi connectivity index (χ4v) is 3.32. The first-order valence-corrected chi connectivity index (χ1v) is 9.62. The van der Waals surface area contributed by atoms with Crippen molar-refractivity contribution in [1.82, 2.24) is 0 Å². The Labute approximate surface area is 164 Å². The van der Waals surface area contributed by atoms with E-state index in [1.165, 1.54) is 0 Å². The predicted molar refractivity (Wildman–Crippen MR) is 110 cm³/mol. The number of hydrogen-bond donors (Lipinski definition) is 2. The average molecular weight is 386 g/mol. The number of rotatable bonds is 7. The first-order chi connectivity index (χ1) is 13.0. The Hall–Kier alpha value is -2.53. The van der Waals surface area contributed by atoms with Gasteiger partial charge in [0.25, 0.3) is 0 Å². The van der Waals surface area contributed by atoms with Gasteiger partial charge in [0.2, 0.25) is 11.8 Å². The van der Waals surface area contributed by atoms with Crippen molar-refractivity contribution in [2.24, 2.45) is 11.8 Å². The quantitative estimate of drug-likeness (QED) is 0.742. The minimum Gasteiger partial charge on any atom is -0.372 e. The molecule has 0 heterocycles. The Bertz CT molecular complexity index is 818. The Balaban J connectivity index is 1.54. The van der Waals surface area contributed by atoms with Gasteiger partial charge in [-0.25, -0.2) is 0 Å². The van der Waals surface area contributed by atoms with Crippen molar-refractivity contribution in [3.05, 3.63) is 53.6 Å². The molecule has 0 saturated heterocycles. The van der Waals surface area contributed by atoms with Crippen LogP contribution in [0.3, 0.4) is 0 Å². The summed E-state index contributed by atoms with van der Waals surface area (Å²) in [6.07, 6.45) is 0.555. The topological polar surface area (TPSA) is 61.4 Å². The molecule has 142 valence electrons. The molecular formula is C21H24ClN3O2. The third-order valence-electron chi connectivity index (χ3n) is 4.86. The summed E-state index contributed by atoms with van der Waals surface area (Å²) in [7, 11) is 0. The van der Waals surface area contributed by atoms with Gasteiger partial charge >= 0.3 is 0 Å². The fraction of sp³-hybridized carbons (Fsp3) is 0.333. The second kappa shape index (κ2) is 8.44. The van der Waals surface area contributed by atoms with Gasteiger partial charge in [0, 0.05) is 24.5 Å². The molecule has 6 heteroatoms. The molecule has 2 N–H and O–H groups in total. The minimum atomic E-state index is -0.309. The van der Waals surface area contributed by atoms with E-state index in [9.17, 15) is 9.59 Å². The van der Waals surface area contributed by atoms with Crippen molar-refractivity contribution in [3.63, 3.8) is 0 Å². The van der Waals surface area contributed by atoms with E-state index < -0.39 is 0 Å². The van der Waals surface area contributed by atoms with Gasteiger partial charge in [0.1, 0.15) is 0 Å². The molecule has 2 aromatic carbocycles. The maximum absolute atomic E-state index is 12.4. The second-order valence-corrected chi connectivity index (χ2v) is 7.03. The molecule has 1 aliphatic rings. The lowest BCUT2D eigenvalue weighted by molar-refractivity contribution is -0.122. The van der Waals surface area contributed by atoms with Gasteiger partial charge in [-0.2, -0.15) is 0 Å². The molecular weight excluding hydrogens is 362 g/mol. The second-order valence-electron chi connectivity index (χ2n) is 6.63. The van der Waals surface area contributed by atoms with E-state index in [4.69, 9.17) is 11.6 Å². The van der Waals surface area contributed by atoms with Crippen LogP contribution in [0.15, 0.2) is 48.5 Å². The van der Waals surface area contributed by atoms with Crippen molar-refractivity contribution in [1.29, 1.82) is 0 Å². The predicted octanol–water partition coefficient (Wildman–Crippen LogP) is 4.40. The molecule has 0 bridgehead atoms. The smallest absolute Gasteiger partial charge is 0.228 e. The number of hydrogen-bond acceptors (Lipinski definition) is 3. The van der Waals surface area contributed by atoms with Crippen LogP contribution in [0.4, 0.5) is 17.1 Å². The van der Waals surface area contributed by atoms with Gasteiger partial charge < -0.3 is 15.5 Å². The molecule has 2 amide bonds. The molecule has 0 spiro atoms. The van der Waals surface area contributed by atoms with Gasteiger partial charge in [0.05, 0.1) is 22.5 Å². The van der Waals surface area contributed by atoms with Crippen molar-refractivity contribution in [2.45, 2.75) is 20.3 Å². The summed E-state index contributed by atoms with van der Waals surface area (Å²) in [4.78, 5) is 27.0. The summed E-state index contributed by atoms with van der Waals surface area (Å²) in [6, 6.07) is 14.9. The molecule has 0 radical (unpaired) electrons.